The van der Waals surface area contributed by atoms with E-state index in [-0.39, 0.29) is 11.5 Å². The molecule has 1 amide bonds. The van der Waals surface area contributed by atoms with Gasteiger partial charge < -0.3 is 14.8 Å². The number of aromatic nitrogens is 1. The number of hydrogen-bond acceptors (Lipinski definition) is 6. The summed E-state index contributed by atoms with van der Waals surface area (Å²) in [7, 11) is 3.11. The lowest BCUT2D eigenvalue weighted by Crippen LogP contribution is -2.40. The van der Waals surface area contributed by atoms with Gasteiger partial charge in [-0.3, -0.25) is 14.2 Å². The molecule has 9 heteroatoms. The Morgan fingerprint density at radius 1 is 1.05 bits per heavy atom. The minimum Gasteiger partial charge on any atom is -0.497 e. The fourth-order valence-electron chi connectivity index (χ4n) is 4.38. The topological polar surface area (TPSA) is 81.9 Å². The summed E-state index contributed by atoms with van der Waals surface area (Å²) in [4.78, 5) is 32.7. The van der Waals surface area contributed by atoms with Crippen molar-refractivity contribution in [2.75, 3.05) is 19.5 Å². The van der Waals surface area contributed by atoms with Gasteiger partial charge in [0.1, 0.15) is 17.5 Å². The summed E-state index contributed by atoms with van der Waals surface area (Å²) in [6, 6.07) is 20.9. The van der Waals surface area contributed by atoms with Crippen molar-refractivity contribution in [3.63, 3.8) is 0 Å². The van der Waals surface area contributed by atoms with Crippen LogP contribution in [0.15, 0.2) is 93.9 Å². The minimum atomic E-state index is -0.775. The molecule has 0 saturated carbocycles. The molecule has 3 aromatic carbocycles. The summed E-state index contributed by atoms with van der Waals surface area (Å²) in [6.45, 7) is 1.78. The number of anilines is 1. The molecule has 0 unspecified atom stereocenters. The number of thiazole rings is 1. The Morgan fingerprint density at radius 2 is 1.79 bits per heavy atom. The molecule has 0 bridgehead atoms. The van der Waals surface area contributed by atoms with E-state index in [0.29, 0.717) is 48.4 Å². The largest absolute Gasteiger partial charge is 0.497 e. The lowest BCUT2D eigenvalue weighted by molar-refractivity contribution is -0.113. The van der Waals surface area contributed by atoms with E-state index in [1.165, 1.54) is 11.3 Å². The Morgan fingerprint density at radius 3 is 2.47 bits per heavy atom. The van der Waals surface area contributed by atoms with Gasteiger partial charge in [-0.05, 0) is 55.0 Å². The molecule has 0 spiro atoms. The summed E-state index contributed by atoms with van der Waals surface area (Å²) in [6.07, 6.45) is 1.80. The van der Waals surface area contributed by atoms with Crippen molar-refractivity contribution in [1.29, 1.82) is 0 Å². The molecule has 38 heavy (non-hydrogen) atoms. The second-order valence-electron chi connectivity index (χ2n) is 8.56. The zero-order valence-electron chi connectivity index (χ0n) is 20.9. The number of halogens is 1. The fraction of sp³-hybridized carbons (Fsp3) is 0.138. The number of benzene rings is 3. The van der Waals surface area contributed by atoms with Crippen molar-refractivity contribution in [2.24, 2.45) is 4.99 Å². The van der Waals surface area contributed by atoms with Gasteiger partial charge >= 0.3 is 0 Å². The number of nitrogens with one attached hydrogen (secondary N) is 1. The Kier molecular flexibility index (Phi) is 7.18. The first-order valence-electron chi connectivity index (χ1n) is 11.8. The van der Waals surface area contributed by atoms with Gasteiger partial charge in [-0.15, -0.1) is 0 Å². The first-order chi connectivity index (χ1) is 18.4. The van der Waals surface area contributed by atoms with Crippen LogP contribution in [0.5, 0.6) is 11.5 Å². The van der Waals surface area contributed by atoms with Crippen LogP contribution >= 0.6 is 22.9 Å². The van der Waals surface area contributed by atoms with Gasteiger partial charge in [0.2, 0.25) is 0 Å². The van der Waals surface area contributed by atoms with Gasteiger partial charge in [-0.1, -0.05) is 53.3 Å². The SMILES string of the molecule is COc1ccc([C@H]2C(C(=O)Nc3ccccc3)=C(C)N=c3s/c(=C\c4ccc(Cl)cc4)c(=O)n32)c(OC)c1. The predicted molar refractivity (Wildman–Crippen MR) is 150 cm³/mol. The lowest BCUT2D eigenvalue weighted by atomic mass is 9.94. The summed E-state index contributed by atoms with van der Waals surface area (Å²) in [5.41, 5.74) is 2.71. The highest BCUT2D eigenvalue weighted by atomic mass is 35.5. The van der Waals surface area contributed by atoms with Gasteiger partial charge in [0.25, 0.3) is 11.5 Å². The average molecular weight is 546 g/mol. The van der Waals surface area contributed by atoms with Crippen molar-refractivity contribution >= 4 is 40.6 Å². The van der Waals surface area contributed by atoms with Gasteiger partial charge in [0.05, 0.1) is 30.0 Å². The molecule has 2 heterocycles. The quantitative estimate of drug-likeness (QED) is 0.385. The average Bonchev–Trinajstić information content (AvgIpc) is 3.23. The van der Waals surface area contributed by atoms with E-state index in [1.54, 1.807) is 68.2 Å². The molecule has 1 aliphatic heterocycles. The van der Waals surface area contributed by atoms with E-state index >= 15 is 0 Å². The fourth-order valence-corrected chi connectivity index (χ4v) is 5.55. The predicted octanol–water partition coefficient (Wildman–Crippen LogP) is 4.54. The number of amides is 1. The van der Waals surface area contributed by atoms with Crippen LogP contribution in [0, 0.1) is 0 Å². The molecule has 1 atom stereocenters. The third-order valence-electron chi connectivity index (χ3n) is 6.20. The first kappa shape index (κ1) is 25.5. The number of allylic oxidation sites excluding steroid dienone is 1. The number of methoxy groups -OCH3 is 2. The number of para-hydroxylation sites is 1. The third kappa shape index (κ3) is 4.88. The molecule has 1 aliphatic rings. The Labute approximate surface area is 228 Å². The number of nitrogens with zero attached hydrogens (tertiary/aromatic N) is 2. The number of rotatable bonds is 6. The van der Waals surface area contributed by atoms with Crippen LogP contribution in [0.4, 0.5) is 5.69 Å². The summed E-state index contributed by atoms with van der Waals surface area (Å²) >= 11 is 7.29. The zero-order valence-corrected chi connectivity index (χ0v) is 22.5. The first-order valence-corrected chi connectivity index (χ1v) is 13.0. The number of fused-ring (bicyclic) bond motifs is 1. The number of carbonyl (C=O) groups is 1. The third-order valence-corrected chi connectivity index (χ3v) is 7.44. The van der Waals surface area contributed by atoms with E-state index < -0.39 is 6.04 Å². The molecule has 192 valence electrons. The highest BCUT2D eigenvalue weighted by molar-refractivity contribution is 7.07. The molecule has 5 rings (SSSR count). The molecule has 1 N–H and O–H groups in total. The van der Waals surface area contributed by atoms with Crippen LogP contribution in [0.1, 0.15) is 24.1 Å². The zero-order chi connectivity index (χ0) is 26.8. The molecule has 0 fully saturated rings. The van der Waals surface area contributed by atoms with E-state index in [0.717, 1.165) is 5.56 Å². The van der Waals surface area contributed by atoms with Crippen molar-refractivity contribution in [1.82, 2.24) is 4.57 Å². The van der Waals surface area contributed by atoms with Gasteiger partial charge in [-0.2, -0.15) is 0 Å². The molecule has 1 aromatic heterocycles. The van der Waals surface area contributed by atoms with Crippen molar-refractivity contribution < 1.29 is 14.3 Å². The molecule has 0 saturated heterocycles. The second-order valence-corrected chi connectivity index (χ2v) is 10.0. The van der Waals surface area contributed by atoms with Crippen molar-refractivity contribution in [3.8, 4) is 11.5 Å². The summed E-state index contributed by atoms with van der Waals surface area (Å²) < 4.78 is 13.1. The standard InChI is InChI=1S/C29H24ClN3O4S/c1-17-25(27(34)32-20-7-5-4-6-8-20)26(22-14-13-21(36-2)16-23(22)37-3)33-28(35)24(38-29(33)31-17)15-18-9-11-19(30)12-10-18/h4-16,26H,1-3H3,(H,32,34)/b24-15-/t26-/m0/s1. The normalized spacial score (nSPS) is 15.1. The van der Waals surface area contributed by atoms with Crippen LogP contribution in [0.25, 0.3) is 6.08 Å². The van der Waals surface area contributed by atoms with Crippen molar-refractivity contribution in [2.45, 2.75) is 13.0 Å². The van der Waals surface area contributed by atoms with E-state index in [1.807, 2.05) is 36.4 Å². The number of carbonyl (C=O) groups excluding carboxylic acids is 1. The maximum Gasteiger partial charge on any atom is 0.271 e. The molecule has 4 aromatic rings. The minimum absolute atomic E-state index is 0.260. The van der Waals surface area contributed by atoms with Crippen LogP contribution in [-0.2, 0) is 4.79 Å². The summed E-state index contributed by atoms with van der Waals surface area (Å²) in [5, 5.41) is 3.56. The maximum atomic E-state index is 13.9. The summed E-state index contributed by atoms with van der Waals surface area (Å²) in [5.74, 6) is 0.727. The highest BCUT2D eigenvalue weighted by Gasteiger charge is 2.34. The Bertz CT molecular complexity index is 1720. The van der Waals surface area contributed by atoms with Crippen molar-refractivity contribution in [3.05, 3.63) is 120 Å². The highest BCUT2D eigenvalue weighted by Crippen LogP contribution is 2.37. The molecule has 7 nitrogen and oxygen atoms in total. The van der Waals surface area contributed by atoms with E-state index in [9.17, 15) is 9.59 Å². The number of ether oxygens (including phenoxy) is 2. The molecular formula is C29H24ClN3O4S. The smallest absolute Gasteiger partial charge is 0.271 e. The second kappa shape index (κ2) is 10.7. The Balaban J connectivity index is 1.72. The van der Waals surface area contributed by atoms with Crippen LogP contribution in [-0.4, -0.2) is 24.7 Å². The molecule has 0 radical (unpaired) electrons. The van der Waals surface area contributed by atoms with E-state index in [2.05, 4.69) is 10.3 Å². The number of hydrogen-bond donors (Lipinski definition) is 1. The lowest BCUT2D eigenvalue weighted by Gasteiger charge is -2.26. The van der Waals surface area contributed by atoms with Gasteiger partial charge in [-0.25, -0.2) is 4.99 Å². The monoisotopic (exact) mass is 545 g/mol. The van der Waals surface area contributed by atoms with Gasteiger partial charge in [0, 0.05) is 22.3 Å². The molecular weight excluding hydrogens is 522 g/mol. The van der Waals surface area contributed by atoms with Crippen LogP contribution in [0.3, 0.4) is 0 Å². The molecule has 0 aliphatic carbocycles. The van der Waals surface area contributed by atoms with Gasteiger partial charge in [0.15, 0.2) is 4.80 Å². The Hall–Kier alpha value is -4.14. The van der Waals surface area contributed by atoms with Crippen LogP contribution < -0.4 is 29.7 Å². The van der Waals surface area contributed by atoms with Crippen LogP contribution in [0.2, 0.25) is 5.02 Å². The van der Waals surface area contributed by atoms with E-state index in [4.69, 9.17) is 21.1 Å². The maximum absolute atomic E-state index is 13.9.